The second-order valence-electron chi connectivity index (χ2n) is 4.73. The number of aliphatic hydroxyl groups is 1. The smallest absolute Gasteiger partial charge is 0.0767 e. The summed E-state index contributed by atoms with van der Waals surface area (Å²) in [6.07, 6.45) is 5.03. The van der Waals surface area contributed by atoms with Gasteiger partial charge in [-0.1, -0.05) is 20.8 Å². The van der Waals surface area contributed by atoms with E-state index in [-0.39, 0.29) is 0 Å². The normalized spacial score (nSPS) is 15.4. The van der Waals surface area contributed by atoms with Crippen molar-refractivity contribution >= 4 is 0 Å². The minimum absolute atomic E-state index is 0.380. The molecule has 0 amide bonds. The Morgan fingerprint density at radius 2 is 1.62 bits per heavy atom. The minimum Gasteiger partial charge on any atom is -0.389 e. The molecule has 1 atom stereocenters. The van der Waals surface area contributed by atoms with Crippen LogP contribution in [0.3, 0.4) is 0 Å². The highest BCUT2D eigenvalue weighted by atomic mass is 16.3. The summed E-state index contributed by atoms with van der Waals surface area (Å²) in [6, 6.07) is 0. The molecule has 0 saturated heterocycles. The fourth-order valence-corrected chi connectivity index (χ4v) is 2.02. The molecule has 0 aromatic rings. The van der Waals surface area contributed by atoms with Crippen LogP contribution < -0.4 is 5.73 Å². The Morgan fingerprint density at radius 1 is 1.06 bits per heavy atom. The highest BCUT2D eigenvalue weighted by Gasteiger charge is 2.21. The second kappa shape index (κ2) is 8.97. The average Bonchev–Trinajstić information content (AvgIpc) is 2.29. The van der Waals surface area contributed by atoms with Crippen LogP contribution in [-0.2, 0) is 0 Å². The van der Waals surface area contributed by atoms with Gasteiger partial charge >= 0.3 is 0 Å². The molecular formula is C13H30N2O. The summed E-state index contributed by atoms with van der Waals surface area (Å²) in [5.74, 6) is 0. The van der Waals surface area contributed by atoms with Crippen molar-refractivity contribution in [2.45, 2.75) is 58.5 Å². The molecule has 3 heteroatoms. The van der Waals surface area contributed by atoms with Gasteiger partial charge in [-0.15, -0.1) is 0 Å². The average molecular weight is 230 g/mol. The maximum Gasteiger partial charge on any atom is 0.0767 e. The summed E-state index contributed by atoms with van der Waals surface area (Å²) in [5.41, 5.74) is 4.95. The van der Waals surface area contributed by atoms with Gasteiger partial charge in [-0.3, -0.25) is 0 Å². The molecule has 0 aliphatic heterocycles. The van der Waals surface area contributed by atoms with Crippen LogP contribution in [0.4, 0.5) is 0 Å². The molecule has 3 N–H and O–H groups in total. The van der Waals surface area contributed by atoms with Crippen LogP contribution >= 0.6 is 0 Å². The van der Waals surface area contributed by atoms with E-state index in [9.17, 15) is 5.11 Å². The number of nitrogens with zero attached hydrogens (tertiary/aromatic N) is 1. The largest absolute Gasteiger partial charge is 0.389 e. The van der Waals surface area contributed by atoms with E-state index < -0.39 is 5.60 Å². The van der Waals surface area contributed by atoms with Gasteiger partial charge in [0.1, 0.15) is 0 Å². The highest BCUT2D eigenvalue weighted by Crippen LogP contribution is 2.15. The van der Waals surface area contributed by atoms with E-state index in [1.807, 2.05) is 6.92 Å². The summed E-state index contributed by atoms with van der Waals surface area (Å²) in [4.78, 5) is 2.48. The molecule has 1 unspecified atom stereocenters. The van der Waals surface area contributed by atoms with Crippen molar-refractivity contribution in [1.82, 2.24) is 4.90 Å². The Labute approximate surface area is 101 Å². The monoisotopic (exact) mass is 230 g/mol. The Bertz CT molecular complexity index is 152. The zero-order valence-corrected chi connectivity index (χ0v) is 11.3. The van der Waals surface area contributed by atoms with E-state index in [1.54, 1.807) is 0 Å². The Balaban J connectivity index is 3.83. The van der Waals surface area contributed by atoms with Gasteiger partial charge in [-0.2, -0.15) is 0 Å². The molecule has 0 rings (SSSR count). The van der Waals surface area contributed by atoms with E-state index in [0.29, 0.717) is 6.54 Å². The summed E-state index contributed by atoms with van der Waals surface area (Å²) in [7, 11) is 0. The lowest BCUT2D eigenvalue weighted by atomic mass is 9.95. The van der Waals surface area contributed by atoms with Crippen molar-refractivity contribution < 1.29 is 5.11 Å². The number of nitrogens with two attached hydrogens (primary N) is 1. The molecule has 98 valence electrons. The summed E-state index contributed by atoms with van der Waals surface area (Å²) in [5, 5.41) is 10.1. The van der Waals surface area contributed by atoms with Gasteiger partial charge in [0.05, 0.1) is 5.60 Å². The molecule has 0 radical (unpaired) electrons. The van der Waals surface area contributed by atoms with Crippen LogP contribution in [0.1, 0.15) is 52.9 Å². The number of hydrogen-bond acceptors (Lipinski definition) is 3. The van der Waals surface area contributed by atoms with E-state index >= 15 is 0 Å². The van der Waals surface area contributed by atoms with E-state index in [1.165, 1.54) is 25.9 Å². The maximum absolute atomic E-state index is 10.1. The van der Waals surface area contributed by atoms with Gasteiger partial charge in [0.15, 0.2) is 0 Å². The lowest BCUT2D eigenvalue weighted by Crippen LogP contribution is -2.38. The molecule has 0 aromatic heterocycles. The first-order chi connectivity index (χ1) is 7.61. The molecule has 0 bridgehead atoms. The predicted octanol–water partition coefficient (Wildman–Crippen LogP) is 1.99. The molecule has 0 saturated carbocycles. The van der Waals surface area contributed by atoms with Crippen LogP contribution in [-0.4, -0.2) is 41.8 Å². The Kier molecular flexibility index (Phi) is 8.90. The van der Waals surface area contributed by atoms with Crippen LogP contribution in [0.2, 0.25) is 0 Å². The van der Waals surface area contributed by atoms with Crippen molar-refractivity contribution in [3.63, 3.8) is 0 Å². The third-order valence-corrected chi connectivity index (χ3v) is 3.23. The third kappa shape index (κ3) is 6.46. The molecule has 0 aliphatic rings. The van der Waals surface area contributed by atoms with Crippen molar-refractivity contribution in [2.75, 3.05) is 26.2 Å². The highest BCUT2D eigenvalue weighted by molar-refractivity contribution is 4.78. The molecule has 16 heavy (non-hydrogen) atoms. The van der Waals surface area contributed by atoms with Gasteiger partial charge in [-0.05, 0) is 51.7 Å². The number of rotatable bonds is 10. The molecule has 0 heterocycles. The standard InChI is InChI=1S/C13H30N2O/c1-4-9-15(10-5-2)11-7-8-13(16,6-3)12-14/h16H,4-12,14H2,1-3H3. The van der Waals surface area contributed by atoms with Gasteiger partial charge < -0.3 is 15.7 Å². The first-order valence-electron chi connectivity index (χ1n) is 6.76. The third-order valence-electron chi connectivity index (χ3n) is 3.23. The molecular weight excluding hydrogens is 200 g/mol. The maximum atomic E-state index is 10.1. The summed E-state index contributed by atoms with van der Waals surface area (Å²) >= 11 is 0. The molecule has 0 aromatic carbocycles. The fraction of sp³-hybridized carbons (Fsp3) is 1.00. The lowest BCUT2D eigenvalue weighted by Gasteiger charge is -2.27. The van der Waals surface area contributed by atoms with Crippen LogP contribution in [0.25, 0.3) is 0 Å². The van der Waals surface area contributed by atoms with Crippen LogP contribution in [0.15, 0.2) is 0 Å². The fourth-order valence-electron chi connectivity index (χ4n) is 2.02. The van der Waals surface area contributed by atoms with Crippen molar-refractivity contribution in [3.05, 3.63) is 0 Å². The zero-order valence-electron chi connectivity index (χ0n) is 11.3. The van der Waals surface area contributed by atoms with E-state index in [0.717, 1.165) is 25.8 Å². The Hall–Kier alpha value is -0.120. The molecule has 0 fully saturated rings. The predicted molar refractivity (Wildman–Crippen MR) is 70.6 cm³/mol. The second-order valence-corrected chi connectivity index (χ2v) is 4.73. The van der Waals surface area contributed by atoms with Crippen molar-refractivity contribution in [3.8, 4) is 0 Å². The topological polar surface area (TPSA) is 49.5 Å². The van der Waals surface area contributed by atoms with Crippen LogP contribution in [0, 0.1) is 0 Å². The minimum atomic E-state index is -0.635. The summed E-state index contributed by atoms with van der Waals surface area (Å²) < 4.78 is 0. The molecule has 0 spiro atoms. The first kappa shape index (κ1) is 15.9. The van der Waals surface area contributed by atoms with Gasteiger partial charge in [0.25, 0.3) is 0 Å². The summed E-state index contributed by atoms with van der Waals surface area (Å²) in [6.45, 7) is 10.2. The van der Waals surface area contributed by atoms with E-state index in [4.69, 9.17) is 5.73 Å². The molecule has 3 nitrogen and oxygen atoms in total. The first-order valence-corrected chi connectivity index (χ1v) is 6.76. The quantitative estimate of drug-likeness (QED) is 0.603. The van der Waals surface area contributed by atoms with Crippen LogP contribution in [0.5, 0.6) is 0 Å². The van der Waals surface area contributed by atoms with E-state index in [2.05, 4.69) is 18.7 Å². The van der Waals surface area contributed by atoms with Gasteiger partial charge in [0.2, 0.25) is 0 Å². The number of hydrogen-bond donors (Lipinski definition) is 2. The zero-order chi connectivity index (χ0) is 12.4. The Morgan fingerprint density at radius 3 is 2.00 bits per heavy atom. The lowest BCUT2D eigenvalue weighted by molar-refractivity contribution is 0.0316. The molecule has 0 aliphatic carbocycles. The SMILES string of the molecule is CCCN(CCC)CCCC(O)(CC)CN. The van der Waals surface area contributed by atoms with Gasteiger partial charge in [-0.25, -0.2) is 0 Å². The van der Waals surface area contributed by atoms with Crippen molar-refractivity contribution in [1.29, 1.82) is 0 Å². The van der Waals surface area contributed by atoms with Crippen molar-refractivity contribution in [2.24, 2.45) is 5.73 Å². The van der Waals surface area contributed by atoms with Gasteiger partial charge in [0, 0.05) is 6.54 Å².